The largest absolute Gasteiger partial charge is 0.368 e. The summed E-state index contributed by atoms with van der Waals surface area (Å²) in [6.07, 6.45) is 7.40. The smallest absolute Gasteiger partial charge is 0.237 e. The standard InChI is InChI=1S/C20H29FN2O2/c1-15(17-8-5-9-18(21)13-17)12-20(25)23(14-19(22)24)11-10-16-6-3-2-4-7-16/h5,8-9,13,15-16H,2-4,6-7,10-12,14H2,1H3,(H2,22,24). The van der Waals surface area contributed by atoms with Crippen molar-refractivity contribution in [3.63, 3.8) is 0 Å². The van der Waals surface area contributed by atoms with E-state index in [0.717, 1.165) is 12.0 Å². The van der Waals surface area contributed by atoms with Crippen molar-refractivity contribution >= 4 is 11.8 Å². The van der Waals surface area contributed by atoms with Crippen LogP contribution in [-0.4, -0.2) is 29.8 Å². The van der Waals surface area contributed by atoms with E-state index in [-0.39, 0.29) is 30.6 Å². The third kappa shape index (κ3) is 6.48. The minimum absolute atomic E-state index is 0.0403. The Kier molecular flexibility index (Phi) is 7.41. The molecule has 2 amide bonds. The summed E-state index contributed by atoms with van der Waals surface area (Å²) < 4.78 is 13.4. The highest BCUT2D eigenvalue weighted by Crippen LogP contribution is 2.27. The third-order valence-electron chi connectivity index (χ3n) is 5.13. The molecule has 1 atom stereocenters. The van der Waals surface area contributed by atoms with Gasteiger partial charge in [0.2, 0.25) is 11.8 Å². The highest BCUT2D eigenvalue weighted by molar-refractivity contribution is 5.84. The maximum atomic E-state index is 13.4. The number of nitrogens with zero attached hydrogens (tertiary/aromatic N) is 1. The van der Waals surface area contributed by atoms with Gasteiger partial charge in [-0.2, -0.15) is 0 Å². The van der Waals surface area contributed by atoms with Crippen LogP contribution in [0.25, 0.3) is 0 Å². The zero-order valence-corrected chi connectivity index (χ0v) is 15.0. The van der Waals surface area contributed by atoms with E-state index in [9.17, 15) is 14.0 Å². The Morgan fingerprint density at radius 1 is 1.28 bits per heavy atom. The normalized spacial score (nSPS) is 16.4. The fourth-order valence-electron chi connectivity index (χ4n) is 3.62. The Hall–Kier alpha value is -1.91. The van der Waals surface area contributed by atoms with Crippen LogP contribution in [0.3, 0.4) is 0 Å². The molecule has 2 N–H and O–H groups in total. The Labute approximate surface area is 149 Å². The first-order chi connectivity index (χ1) is 12.0. The molecule has 0 spiro atoms. The van der Waals surface area contributed by atoms with Crippen molar-refractivity contribution in [2.24, 2.45) is 11.7 Å². The topological polar surface area (TPSA) is 63.4 Å². The van der Waals surface area contributed by atoms with Gasteiger partial charge < -0.3 is 10.6 Å². The van der Waals surface area contributed by atoms with Gasteiger partial charge in [-0.15, -0.1) is 0 Å². The number of halogens is 1. The summed E-state index contributed by atoms with van der Waals surface area (Å²) in [5.41, 5.74) is 6.11. The molecule has 1 aromatic rings. The molecule has 0 aliphatic heterocycles. The van der Waals surface area contributed by atoms with Crippen molar-refractivity contribution in [3.05, 3.63) is 35.6 Å². The summed E-state index contributed by atoms with van der Waals surface area (Å²) in [6.45, 7) is 2.43. The number of carbonyl (C=O) groups excluding carboxylic acids is 2. The number of hydrogen-bond donors (Lipinski definition) is 1. The molecule has 0 aromatic heterocycles. The highest BCUT2D eigenvalue weighted by Gasteiger charge is 2.21. The van der Waals surface area contributed by atoms with Crippen molar-refractivity contribution in [1.29, 1.82) is 0 Å². The lowest BCUT2D eigenvalue weighted by Crippen LogP contribution is -2.40. The first kappa shape index (κ1) is 19.4. The number of benzene rings is 1. The lowest BCUT2D eigenvalue weighted by Gasteiger charge is -2.27. The van der Waals surface area contributed by atoms with Gasteiger partial charge in [0.15, 0.2) is 0 Å². The summed E-state index contributed by atoms with van der Waals surface area (Å²) in [4.78, 5) is 25.6. The van der Waals surface area contributed by atoms with Crippen LogP contribution in [0.5, 0.6) is 0 Å². The van der Waals surface area contributed by atoms with Crippen molar-refractivity contribution < 1.29 is 14.0 Å². The highest BCUT2D eigenvalue weighted by atomic mass is 19.1. The molecular weight excluding hydrogens is 319 g/mol. The molecule has 0 radical (unpaired) electrons. The summed E-state index contributed by atoms with van der Waals surface area (Å²) in [7, 11) is 0. The second kappa shape index (κ2) is 9.54. The molecule has 25 heavy (non-hydrogen) atoms. The van der Waals surface area contributed by atoms with Gasteiger partial charge in [-0.3, -0.25) is 9.59 Å². The fraction of sp³-hybridized carbons (Fsp3) is 0.600. The van der Waals surface area contributed by atoms with E-state index >= 15 is 0 Å². The van der Waals surface area contributed by atoms with Gasteiger partial charge in [-0.1, -0.05) is 51.2 Å². The zero-order valence-electron chi connectivity index (χ0n) is 15.0. The Balaban J connectivity index is 1.93. The van der Waals surface area contributed by atoms with Crippen LogP contribution >= 0.6 is 0 Å². The quantitative estimate of drug-likeness (QED) is 0.780. The van der Waals surface area contributed by atoms with Gasteiger partial charge in [0.25, 0.3) is 0 Å². The third-order valence-corrected chi connectivity index (χ3v) is 5.13. The molecule has 1 aromatic carbocycles. The molecule has 4 nitrogen and oxygen atoms in total. The van der Waals surface area contributed by atoms with Gasteiger partial charge >= 0.3 is 0 Å². The Morgan fingerprint density at radius 2 is 2.00 bits per heavy atom. The van der Waals surface area contributed by atoms with E-state index in [0.29, 0.717) is 12.5 Å². The van der Waals surface area contributed by atoms with Crippen molar-refractivity contribution in [3.8, 4) is 0 Å². The maximum Gasteiger partial charge on any atom is 0.237 e. The first-order valence-electron chi connectivity index (χ1n) is 9.27. The minimum Gasteiger partial charge on any atom is -0.368 e. The summed E-state index contributed by atoms with van der Waals surface area (Å²) in [5.74, 6) is -0.351. The minimum atomic E-state index is -0.490. The Morgan fingerprint density at radius 3 is 2.64 bits per heavy atom. The Bertz CT molecular complexity index is 585. The molecule has 1 aliphatic rings. The SMILES string of the molecule is CC(CC(=O)N(CCC1CCCCC1)CC(N)=O)c1cccc(F)c1. The fourth-order valence-corrected chi connectivity index (χ4v) is 3.62. The molecule has 5 heteroatoms. The predicted octanol–water partition coefficient (Wildman–Crippen LogP) is 3.60. The van der Waals surface area contributed by atoms with Gasteiger partial charge in [-0.25, -0.2) is 4.39 Å². The average molecular weight is 348 g/mol. The molecule has 1 aliphatic carbocycles. The molecule has 0 bridgehead atoms. The number of carbonyl (C=O) groups is 2. The van der Waals surface area contributed by atoms with Gasteiger partial charge in [-0.05, 0) is 36.0 Å². The van der Waals surface area contributed by atoms with Gasteiger partial charge in [0.05, 0.1) is 6.54 Å². The van der Waals surface area contributed by atoms with Crippen LogP contribution in [0, 0.1) is 11.7 Å². The molecule has 1 saturated carbocycles. The molecule has 138 valence electrons. The first-order valence-corrected chi connectivity index (χ1v) is 9.27. The molecule has 2 rings (SSSR count). The van der Waals surface area contributed by atoms with E-state index in [1.807, 2.05) is 13.0 Å². The molecule has 1 unspecified atom stereocenters. The summed E-state index contributed by atoms with van der Waals surface area (Å²) >= 11 is 0. The van der Waals surface area contributed by atoms with E-state index in [1.165, 1.54) is 44.2 Å². The molecule has 1 fully saturated rings. The summed E-state index contributed by atoms with van der Waals surface area (Å²) in [5, 5.41) is 0. The zero-order chi connectivity index (χ0) is 18.2. The summed E-state index contributed by atoms with van der Waals surface area (Å²) in [6, 6.07) is 6.32. The number of hydrogen-bond acceptors (Lipinski definition) is 2. The van der Waals surface area contributed by atoms with Crippen molar-refractivity contribution in [1.82, 2.24) is 4.90 Å². The number of rotatable bonds is 8. The van der Waals surface area contributed by atoms with Crippen molar-refractivity contribution in [2.45, 2.75) is 57.8 Å². The van der Waals surface area contributed by atoms with Crippen LogP contribution in [0.15, 0.2) is 24.3 Å². The van der Waals surface area contributed by atoms with Crippen LogP contribution in [0.1, 0.15) is 63.4 Å². The van der Waals surface area contributed by atoms with Crippen LogP contribution in [-0.2, 0) is 9.59 Å². The second-order valence-corrected chi connectivity index (χ2v) is 7.23. The maximum absolute atomic E-state index is 13.4. The van der Waals surface area contributed by atoms with Crippen LogP contribution < -0.4 is 5.73 Å². The van der Waals surface area contributed by atoms with Gasteiger partial charge in [0, 0.05) is 13.0 Å². The number of amides is 2. The molecule has 0 saturated heterocycles. The lowest BCUT2D eigenvalue weighted by atomic mass is 9.87. The lowest BCUT2D eigenvalue weighted by molar-refractivity contribution is -0.135. The average Bonchev–Trinajstić information content (AvgIpc) is 2.59. The number of primary amides is 1. The van der Waals surface area contributed by atoms with Gasteiger partial charge in [0.1, 0.15) is 5.82 Å². The van der Waals surface area contributed by atoms with Crippen LogP contribution in [0.4, 0.5) is 4.39 Å². The van der Waals surface area contributed by atoms with Crippen molar-refractivity contribution in [2.75, 3.05) is 13.1 Å². The molecular formula is C20H29FN2O2. The van der Waals surface area contributed by atoms with E-state index in [1.54, 1.807) is 11.0 Å². The molecule has 0 heterocycles. The monoisotopic (exact) mass is 348 g/mol. The van der Waals surface area contributed by atoms with E-state index in [4.69, 9.17) is 5.73 Å². The van der Waals surface area contributed by atoms with E-state index < -0.39 is 5.91 Å². The van der Waals surface area contributed by atoms with Crippen LogP contribution in [0.2, 0.25) is 0 Å². The van der Waals surface area contributed by atoms with E-state index in [2.05, 4.69) is 0 Å². The predicted molar refractivity (Wildman–Crippen MR) is 96.4 cm³/mol. The number of nitrogens with two attached hydrogens (primary N) is 1. The second-order valence-electron chi connectivity index (χ2n) is 7.23.